The molecule has 0 amide bonds. The molecule has 1 aromatic carbocycles. The zero-order valence-corrected chi connectivity index (χ0v) is 20.1. The second kappa shape index (κ2) is 9.86. The fourth-order valence-electron chi connectivity index (χ4n) is 5.54. The van der Waals surface area contributed by atoms with Crippen molar-refractivity contribution >= 4 is 17.6 Å². The van der Waals surface area contributed by atoms with Crippen LogP contribution in [-0.4, -0.2) is 80.6 Å². The van der Waals surface area contributed by atoms with Crippen LogP contribution in [0.3, 0.4) is 0 Å². The Hall–Kier alpha value is -2.74. The monoisotopic (exact) mass is 464 g/mol. The first-order valence-corrected chi connectivity index (χ1v) is 13.1. The van der Waals surface area contributed by atoms with Gasteiger partial charge in [0.1, 0.15) is 11.6 Å². The molecule has 0 atom stereocenters. The molecule has 0 aliphatic carbocycles. The van der Waals surface area contributed by atoms with Crippen LogP contribution >= 0.6 is 0 Å². The lowest BCUT2D eigenvalue weighted by molar-refractivity contribution is 0.174. The van der Waals surface area contributed by atoms with Crippen LogP contribution in [0.5, 0.6) is 11.5 Å². The van der Waals surface area contributed by atoms with E-state index in [1.807, 2.05) is 6.07 Å². The molecule has 0 saturated carbocycles. The summed E-state index contributed by atoms with van der Waals surface area (Å²) >= 11 is 0. The van der Waals surface area contributed by atoms with Crippen LogP contribution in [0, 0.1) is 0 Å². The molecule has 34 heavy (non-hydrogen) atoms. The second-order valence-electron chi connectivity index (χ2n) is 9.89. The predicted octanol–water partition coefficient (Wildman–Crippen LogP) is 3.16. The van der Waals surface area contributed by atoms with E-state index in [0.29, 0.717) is 6.79 Å². The molecule has 0 unspecified atom stereocenters. The van der Waals surface area contributed by atoms with E-state index in [9.17, 15) is 0 Å². The van der Waals surface area contributed by atoms with E-state index in [1.165, 1.54) is 31.2 Å². The van der Waals surface area contributed by atoms with Gasteiger partial charge in [-0.05, 0) is 62.8 Å². The van der Waals surface area contributed by atoms with Crippen molar-refractivity contribution in [2.45, 2.75) is 38.5 Å². The average Bonchev–Trinajstić information content (AvgIpc) is 3.67. The molecule has 2 aromatic rings. The fourth-order valence-corrected chi connectivity index (χ4v) is 5.54. The summed E-state index contributed by atoms with van der Waals surface area (Å²) in [6.07, 6.45) is 7.26. The molecule has 0 radical (unpaired) electrons. The third-order valence-corrected chi connectivity index (χ3v) is 7.58. The van der Waals surface area contributed by atoms with Crippen LogP contribution < -0.4 is 24.2 Å². The van der Waals surface area contributed by atoms with Crippen molar-refractivity contribution in [2.24, 2.45) is 0 Å². The first-order valence-electron chi connectivity index (χ1n) is 13.1. The van der Waals surface area contributed by atoms with Gasteiger partial charge in [0, 0.05) is 58.4 Å². The Bertz CT molecular complexity index is 947. The number of anilines is 3. The number of hydrogen-bond acceptors (Lipinski definition) is 8. The summed E-state index contributed by atoms with van der Waals surface area (Å²) in [6, 6.07) is 8.56. The predicted molar refractivity (Wildman–Crippen MR) is 134 cm³/mol. The summed E-state index contributed by atoms with van der Waals surface area (Å²) in [5, 5.41) is 0. The Kier molecular flexibility index (Phi) is 6.31. The van der Waals surface area contributed by atoms with Crippen LogP contribution in [0.15, 0.2) is 24.3 Å². The van der Waals surface area contributed by atoms with Crippen LogP contribution in [0.4, 0.5) is 17.6 Å². The standard InChI is InChI=1S/C26H36N6O2/c1-2-11-30(10-1)24-19-25(28-26(27-24)32-12-3-4-13-32)31-16-14-29(15-17-31)9-5-6-21-7-8-22-23(18-21)34-20-33-22/h7-8,18-19H,1-6,9-17,20H2. The van der Waals surface area contributed by atoms with Crippen LogP contribution in [0.2, 0.25) is 0 Å². The smallest absolute Gasteiger partial charge is 0.231 e. The van der Waals surface area contributed by atoms with E-state index in [-0.39, 0.29) is 0 Å². The Morgan fingerprint density at radius 1 is 0.676 bits per heavy atom. The van der Waals surface area contributed by atoms with E-state index >= 15 is 0 Å². The molecule has 8 heteroatoms. The number of ether oxygens (including phenoxy) is 2. The van der Waals surface area contributed by atoms with Gasteiger partial charge in [0.15, 0.2) is 11.5 Å². The van der Waals surface area contributed by atoms with Gasteiger partial charge >= 0.3 is 0 Å². The van der Waals surface area contributed by atoms with Crippen molar-refractivity contribution in [3.05, 3.63) is 29.8 Å². The van der Waals surface area contributed by atoms with Gasteiger partial charge in [0.25, 0.3) is 0 Å². The van der Waals surface area contributed by atoms with Gasteiger partial charge in [-0.2, -0.15) is 9.97 Å². The summed E-state index contributed by atoms with van der Waals surface area (Å²) in [7, 11) is 0. The van der Waals surface area contributed by atoms with Crippen molar-refractivity contribution in [3.8, 4) is 11.5 Å². The number of piperazine rings is 1. The lowest BCUT2D eigenvalue weighted by atomic mass is 10.1. The van der Waals surface area contributed by atoms with Crippen LogP contribution in [0.1, 0.15) is 37.7 Å². The number of fused-ring (bicyclic) bond motifs is 1. The first-order chi connectivity index (χ1) is 16.8. The molecule has 0 N–H and O–H groups in total. The lowest BCUT2D eigenvalue weighted by Crippen LogP contribution is -2.47. The van der Waals surface area contributed by atoms with Crippen molar-refractivity contribution in [1.82, 2.24) is 14.9 Å². The number of nitrogens with zero attached hydrogens (tertiary/aromatic N) is 6. The fraction of sp³-hybridized carbons (Fsp3) is 0.615. The number of aryl methyl sites for hydroxylation is 1. The van der Waals surface area contributed by atoms with E-state index in [2.05, 4.69) is 37.8 Å². The molecule has 1 aromatic heterocycles. The maximum absolute atomic E-state index is 5.52. The summed E-state index contributed by atoms with van der Waals surface area (Å²) in [6.45, 7) is 10.1. The zero-order chi connectivity index (χ0) is 22.7. The number of aromatic nitrogens is 2. The van der Waals surface area contributed by atoms with Gasteiger partial charge in [-0.3, -0.25) is 4.90 Å². The summed E-state index contributed by atoms with van der Waals surface area (Å²) in [5.74, 6) is 4.92. The van der Waals surface area contributed by atoms with E-state index < -0.39 is 0 Å². The van der Waals surface area contributed by atoms with Crippen molar-refractivity contribution in [2.75, 3.05) is 80.4 Å². The topological polar surface area (TPSA) is 57.2 Å². The minimum atomic E-state index is 0.342. The molecule has 182 valence electrons. The third kappa shape index (κ3) is 4.73. The van der Waals surface area contributed by atoms with Gasteiger partial charge in [0.2, 0.25) is 12.7 Å². The Morgan fingerprint density at radius 3 is 2.06 bits per heavy atom. The normalized spacial score (nSPS) is 20.5. The molecular formula is C26H36N6O2. The highest BCUT2D eigenvalue weighted by molar-refractivity contribution is 5.56. The summed E-state index contributed by atoms with van der Waals surface area (Å²) in [5.41, 5.74) is 1.33. The summed E-state index contributed by atoms with van der Waals surface area (Å²) < 4.78 is 10.9. The maximum Gasteiger partial charge on any atom is 0.231 e. The average molecular weight is 465 g/mol. The quantitative estimate of drug-likeness (QED) is 0.620. The molecule has 6 rings (SSSR count). The van der Waals surface area contributed by atoms with E-state index in [1.54, 1.807) is 0 Å². The van der Waals surface area contributed by atoms with Gasteiger partial charge in [0.05, 0.1) is 0 Å². The largest absolute Gasteiger partial charge is 0.454 e. The van der Waals surface area contributed by atoms with Crippen molar-refractivity contribution in [1.29, 1.82) is 0 Å². The number of benzene rings is 1. The molecule has 0 spiro atoms. The van der Waals surface area contributed by atoms with Gasteiger partial charge in [-0.15, -0.1) is 0 Å². The van der Waals surface area contributed by atoms with E-state index in [4.69, 9.17) is 19.4 Å². The first kappa shape index (κ1) is 21.8. The van der Waals surface area contributed by atoms with Crippen LogP contribution in [-0.2, 0) is 6.42 Å². The summed E-state index contributed by atoms with van der Waals surface area (Å²) in [4.78, 5) is 19.9. The Labute approximate surface area is 202 Å². The molecule has 3 fully saturated rings. The molecule has 5 heterocycles. The lowest BCUT2D eigenvalue weighted by Gasteiger charge is -2.36. The van der Waals surface area contributed by atoms with Gasteiger partial charge in [-0.25, -0.2) is 0 Å². The van der Waals surface area contributed by atoms with Crippen LogP contribution in [0.25, 0.3) is 0 Å². The molecule has 4 aliphatic rings. The second-order valence-corrected chi connectivity index (χ2v) is 9.89. The Balaban J connectivity index is 1.05. The van der Waals surface area contributed by atoms with Crippen molar-refractivity contribution in [3.63, 3.8) is 0 Å². The molecular weight excluding hydrogens is 428 g/mol. The van der Waals surface area contributed by atoms with Gasteiger partial charge < -0.3 is 24.2 Å². The molecule has 4 aliphatic heterocycles. The highest BCUT2D eigenvalue weighted by Gasteiger charge is 2.24. The SMILES string of the molecule is c1cc2c(cc1CCCN1CCN(c3cc(N4CCCC4)nc(N4CCCC4)n3)CC1)OCO2. The molecule has 3 saturated heterocycles. The van der Waals surface area contributed by atoms with Gasteiger partial charge in [-0.1, -0.05) is 6.07 Å². The minimum absolute atomic E-state index is 0.342. The number of hydrogen-bond donors (Lipinski definition) is 0. The Morgan fingerprint density at radius 2 is 1.32 bits per heavy atom. The minimum Gasteiger partial charge on any atom is -0.454 e. The molecule has 0 bridgehead atoms. The van der Waals surface area contributed by atoms with E-state index in [0.717, 1.165) is 101 Å². The highest BCUT2D eigenvalue weighted by Crippen LogP contribution is 2.33. The zero-order valence-electron chi connectivity index (χ0n) is 20.1. The molecule has 8 nitrogen and oxygen atoms in total. The maximum atomic E-state index is 5.52. The third-order valence-electron chi connectivity index (χ3n) is 7.58. The highest BCUT2D eigenvalue weighted by atomic mass is 16.7. The number of rotatable bonds is 7. The van der Waals surface area contributed by atoms with Crippen molar-refractivity contribution < 1.29 is 9.47 Å².